The fourth-order valence-electron chi connectivity index (χ4n) is 4.64. The Morgan fingerprint density at radius 3 is 2.46 bits per heavy atom. The van der Waals surface area contributed by atoms with Gasteiger partial charge in [0.2, 0.25) is 0 Å². The van der Waals surface area contributed by atoms with Crippen molar-refractivity contribution in [1.29, 1.82) is 0 Å². The van der Waals surface area contributed by atoms with E-state index in [0.717, 1.165) is 17.4 Å². The van der Waals surface area contributed by atoms with Gasteiger partial charge in [0.25, 0.3) is 0 Å². The summed E-state index contributed by atoms with van der Waals surface area (Å²) in [6.07, 6.45) is 2.32. The van der Waals surface area contributed by atoms with Crippen LogP contribution in [0.2, 0.25) is 0 Å². The molecule has 0 radical (unpaired) electrons. The number of likely N-dealkylation sites (tertiary alicyclic amines) is 1. The van der Waals surface area contributed by atoms with E-state index in [4.69, 9.17) is 4.74 Å². The number of imide groups is 1. The summed E-state index contributed by atoms with van der Waals surface area (Å²) in [7, 11) is 3.96. The zero-order valence-electron chi connectivity index (χ0n) is 22.5. The number of rotatable bonds is 6. The van der Waals surface area contributed by atoms with Crippen molar-refractivity contribution in [3.05, 3.63) is 72.4 Å². The third-order valence-electron chi connectivity index (χ3n) is 6.95. The van der Waals surface area contributed by atoms with Crippen LogP contribution in [-0.4, -0.2) is 84.1 Å². The number of pyridine rings is 1. The minimum Gasteiger partial charge on any atom is -0.454 e. The molecule has 2 N–H and O–H groups in total. The summed E-state index contributed by atoms with van der Waals surface area (Å²) in [5.41, 5.74) is 0.587. The number of nitrogens with zero attached hydrogens (tertiary/aromatic N) is 5. The number of amides is 6. The lowest BCUT2D eigenvalue weighted by molar-refractivity contribution is 0.209. The molecule has 5 rings (SSSR count). The largest absolute Gasteiger partial charge is 0.454 e. The van der Waals surface area contributed by atoms with Gasteiger partial charge in [-0.1, -0.05) is 0 Å². The molecule has 3 heterocycles. The van der Waals surface area contributed by atoms with Crippen LogP contribution in [0.15, 0.2) is 60.8 Å². The number of urea groups is 3. The van der Waals surface area contributed by atoms with Crippen molar-refractivity contribution < 1.29 is 27.9 Å². The Hall–Kier alpha value is -4.78. The molecule has 13 heteroatoms. The summed E-state index contributed by atoms with van der Waals surface area (Å²) in [6.45, 7) is 1.60. The molecular formula is C28H29F2N7O4. The Balaban J connectivity index is 1.18. The highest BCUT2D eigenvalue weighted by atomic mass is 19.1. The Morgan fingerprint density at radius 2 is 1.76 bits per heavy atom. The molecule has 0 unspecified atom stereocenters. The van der Waals surface area contributed by atoms with Gasteiger partial charge in [0.15, 0.2) is 11.6 Å². The van der Waals surface area contributed by atoms with Gasteiger partial charge in [-0.15, -0.1) is 0 Å². The lowest BCUT2D eigenvalue weighted by atomic mass is 10.2. The zero-order valence-corrected chi connectivity index (χ0v) is 22.5. The maximum atomic E-state index is 14.9. The molecule has 2 fully saturated rings. The summed E-state index contributed by atoms with van der Waals surface area (Å²) in [5, 5.41) is 5.26. The lowest BCUT2D eigenvalue weighted by Gasteiger charge is -2.20. The number of benzene rings is 2. The number of aromatic nitrogens is 1. The highest BCUT2D eigenvalue weighted by molar-refractivity contribution is 6.08. The van der Waals surface area contributed by atoms with Gasteiger partial charge in [-0.25, -0.2) is 33.0 Å². The molecule has 2 aliphatic rings. The molecule has 2 aliphatic heterocycles. The van der Waals surface area contributed by atoms with Crippen LogP contribution in [0.25, 0.3) is 0 Å². The molecule has 0 bridgehead atoms. The molecule has 11 nitrogen and oxygen atoms in total. The van der Waals surface area contributed by atoms with Crippen molar-refractivity contribution in [1.82, 2.24) is 19.7 Å². The lowest BCUT2D eigenvalue weighted by Crippen LogP contribution is -2.39. The van der Waals surface area contributed by atoms with Gasteiger partial charge in [-0.2, -0.15) is 0 Å². The third kappa shape index (κ3) is 6.35. The maximum Gasteiger partial charge on any atom is 0.332 e. The number of anilines is 3. The molecule has 1 atom stereocenters. The molecule has 2 aromatic carbocycles. The molecule has 1 aromatic heterocycles. The van der Waals surface area contributed by atoms with Crippen molar-refractivity contribution in [3.8, 4) is 11.5 Å². The van der Waals surface area contributed by atoms with Crippen LogP contribution in [0.5, 0.6) is 11.5 Å². The molecular weight excluding hydrogens is 536 g/mol. The molecule has 3 aromatic rings. The number of likely N-dealkylation sites (N-methyl/N-ethyl adjacent to an activating group) is 1. The van der Waals surface area contributed by atoms with Gasteiger partial charge in [-0.3, -0.25) is 10.2 Å². The van der Waals surface area contributed by atoms with Crippen LogP contribution in [0.1, 0.15) is 6.42 Å². The molecule has 0 spiro atoms. The average molecular weight is 566 g/mol. The maximum absolute atomic E-state index is 14.9. The highest BCUT2D eigenvalue weighted by Crippen LogP contribution is 2.28. The first-order valence-corrected chi connectivity index (χ1v) is 13.0. The molecule has 214 valence electrons. The first-order valence-electron chi connectivity index (χ1n) is 13.0. The summed E-state index contributed by atoms with van der Waals surface area (Å²) in [6, 6.07) is 11.0. The van der Waals surface area contributed by atoms with Gasteiger partial charge < -0.3 is 19.9 Å². The zero-order chi connectivity index (χ0) is 29.1. The Kier molecular flexibility index (Phi) is 7.97. The smallest absolute Gasteiger partial charge is 0.332 e. The highest BCUT2D eigenvalue weighted by Gasteiger charge is 2.34. The number of nitrogens with one attached hydrogen (secondary N) is 2. The number of ether oxygens (including phenoxy) is 1. The van der Waals surface area contributed by atoms with Crippen molar-refractivity contribution in [2.24, 2.45) is 0 Å². The van der Waals surface area contributed by atoms with Crippen LogP contribution < -0.4 is 20.3 Å². The number of carbonyl (C=O) groups excluding carboxylic acids is 3. The second-order valence-corrected chi connectivity index (χ2v) is 9.90. The first-order chi connectivity index (χ1) is 19.7. The van der Waals surface area contributed by atoms with Crippen LogP contribution in [0.3, 0.4) is 0 Å². The van der Waals surface area contributed by atoms with Crippen molar-refractivity contribution in [2.75, 3.05) is 55.8 Å². The van der Waals surface area contributed by atoms with Gasteiger partial charge in [0.05, 0.1) is 6.54 Å². The van der Waals surface area contributed by atoms with Gasteiger partial charge >= 0.3 is 18.1 Å². The van der Waals surface area contributed by atoms with E-state index < -0.39 is 23.7 Å². The Bertz CT molecular complexity index is 1450. The second kappa shape index (κ2) is 11.8. The topological polar surface area (TPSA) is 110 Å². The number of hydrogen-bond donors (Lipinski definition) is 2. The van der Waals surface area contributed by atoms with E-state index in [1.807, 2.05) is 14.1 Å². The predicted molar refractivity (Wildman–Crippen MR) is 148 cm³/mol. The average Bonchev–Trinajstić information content (AvgIpc) is 3.59. The van der Waals surface area contributed by atoms with E-state index in [1.54, 1.807) is 4.90 Å². The van der Waals surface area contributed by atoms with Crippen molar-refractivity contribution in [2.45, 2.75) is 12.5 Å². The summed E-state index contributed by atoms with van der Waals surface area (Å²) < 4.78 is 33.7. The van der Waals surface area contributed by atoms with E-state index in [9.17, 15) is 23.2 Å². The monoisotopic (exact) mass is 565 g/mol. The van der Waals surface area contributed by atoms with Crippen LogP contribution >= 0.6 is 0 Å². The van der Waals surface area contributed by atoms with Crippen LogP contribution in [0.4, 0.5) is 40.4 Å². The fourth-order valence-corrected chi connectivity index (χ4v) is 4.64. The number of hydrogen-bond acceptors (Lipinski definition) is 6. The van der Waals surface area contributed by atoms with Gasteiger partial charge in [-0.05, 0) is 63.0 Å². The van der Waals surface area contributed by atoms with Gasteiger partial charge in [0, 0.05) is 55.4 Å². The van der Waals surface area contributed by atoms with Crippen LogP contribution in [0, 0.1) is 11.6 Å². The SMILES string of the molecule is CN(C)[C@@H]1CCN(C(=O)Nc2cc(Oc3ccc(NC(=O)N4CCN(c5ccc(F)cc5)C4=O)cc3F)ccn2)C1. The minimum atomic E-state index is -0.752. The summed E-state index contributed by atoms with van der Waals surface area (Å²) >= 11 is 0. The Labute approximate surface area is 235 Å². The van der Waals surface area contributed by atoms with E-state index in [-0.39, 0.29) is 42.1 Å². The minimum absolute atomic E-state index is 0.112. The molecule has 2 saturated heterocycles. The molecule has 6 amide bonds. The Morgan fingerprint density at radius 1 is 0.976 bits per heavy atom. The molecule has 41 heavy (non-hydrogen) atoms. The quantitative estimate of drug-likeness (QED) is 0.445. The predicted octanol–water partition coefficient (Wildman–Crippen LogP) is 4.79. The fraction of sp³-hybridized carbons (Fsp3) is 0.286. The third-order valence-corrected chi connectivity index (χ3v) is 6.95. The van der Waals surface area contributed by atoms with Crippen molar-refractivity contribution >= 4 is 35.3 Å². The number of carbonyl (C=O) groups is 3. The van der Waals surface area contributed by atoms with Crippen LogP contribution in [-0.2, 0) is 0 Å². The molecule has 0 aliphatic carbocycles. The summed E-state index contributed by atoms with van der Waals surface area (Å²) in [5.74, 6) is -0.786. The van der Waals surface area contributed by atoms with E-state index in [1.165, 1.54) is 59.6 Å². The van der Waals surface area contributed by atoms with Crippen molar-refractivity contribution in [3.63, 3.8) is 0 Å². The standard InChI is InChI=1S/C28H29F2N7O4/c1-34(2)21-10-12-35(17-21)26(38)33-25-16-22(9-11-31-25)41-24-8-5-19(15-23(24)30)32-27(39)37-14-13-36(28(37)40)20-6-3-18(29)4-7-20/h3-9,11,15-16,21H,10,12-14,17H2,1-2H3,(H,32,39)(H,31,33,38)/t21-/m1/s1. The van der Waals surface area contributed by atoms with Gasteiger partial charge in [0.1, 0.15) is 17.4 Å². The number of halogens is 2. The molecule has 0 saturated carbocycles. The normalized spacial score (nSPS) is 16.9. The summed E-state index contributed by atoms with van der Waals surface area (Å²) in [4.78, 5) is 48.4. The van der Waals surface area contributed by atoms with E-state index in [2.05, 4.69) is 20.5 Å². The second-order valence-electron chi connectivity index (χ2n) is 9.90. The first kappa shape index (κ1) is 27.8. The van der Waals surface area contributed by atoms with E-state index >= 15 is 0 Å². The van der Waals surface area contributed by atoms with E-state index in [0.29, 0.717) is 24.8 Å².